The molecule has 0 saturated carbocycles. The van der Waals surface area contributed by atoms with Crippen molar-refractivity contribution in [2.45, 2.75) is 33.1 Å². The molecule has 0 bridgehead atoms. The summed E-state index contributed by atoms with van der Waals surface area (Å²) in [5.41, 5.74) is 3.34. The molecule has 1 aliphatic rings. The van der Waals surface area contributed by atoms with E-state index in [1.54, 1.807) is 9.58 Å². The normalized spacial score (nSPS) is 13.9. The van der Waals surface area contributed by atoms with Gasteiger partial charge in [-0.3, -0.25) is 10.1 Å². The lowest BCUT2D eigenvalue weighted by atomic mass is 9.92. The van der Waals surface area contributed by atoms with E-state index in [0.29, 0.717) is 43.6 Å². The van der Waals surface area contributed by atoms with Crippen LogP contribution >= 0.6 is 0 Å². The number of aromatic nitrogens is 2. The number of nitrogens with one attached hydrogen (secondary N) is 2. The van der Waals surface area contributed by atoms with Gasteiger partial charge >= 0.3 is 6.03 Å². The van der Waals surface area contributed by atoms with Crippen molar-refractivity contribution in [1.29, 1.82) is 0 Å². The highest BCUT2D eigenvalue weighted by Crippen LogP contribution is 2.32. The van der Waals surface area contributed by atoms with Crippen LogP contribution in [0, 0.1) is 6.92 Å². The van der Waals surface area contributed by atoms with Crippen molar-refractivity contribution in [3.63, 3.8) is 0 Å². The van der Waals surface area contributed by atoms with E-state index in [0.717, 1.165) is 27.7 Å². The first-order valence-electron chi connectivity index (χ1n) is 13.4. The Morgan fingerprint density at radius 1 is 1.02 bits per heavy atom. The third kappa shape index (κ3) is 6.10. The second kappa shape index (κ2) is 11.4. The minimum absolute atomic E-state index is 0.0244. The van der Waals surface area contributed by atoms with Gasteiger partial charge in [-0.05, 0) is 31.2 Å². The number of urea groups is 1. The minimum Gasteiger partial charge on any atom is -0.491 e. The summed E-state index contributed by atoms with van der Waals surface area (Å²) in [5.74, 6) is 1.24. The van der Waals surface area contributed by atoms with Crippen LogP contribution in [0.3, 0.4) is 0 Å². The number of carbonyl (C=O) groups excluding carboxylic acids is 2. The van der Waals surface area contributed by atoms with Crippen molar-refractivity contribution in [2.75, 3.05) is 43.5 Å². The summed E-state index contributed by atoms with van der Waals surface area (Å²) in [4.78, 5) is 27.0. The highest BCUT2D eigenvalue weighted by Gasteiger charge is 2.22. The molecule has 3 amide bonds. The predicted octanol–water partition coefficient (Wildman–Crippen LogP) is 5.51. The van der Waals surface area contributed by atoms with Crippen molar-refractivity contribution < 1.29 is 19.1 Å². The molecule has 5 rings (SSSR count). The van der Waals surface area contributed by atoms with Crippen LogP contribution in [-0.4, -0.2) is 59.5 Å². The molecule has 40 heavy (non-hydrogen) atoms. The molecule has 0 unspecified atom stereocenters. The van der Waals surface area contributed by atoms with Gasteiger partial charge in [-0.25, -0.2) is 9.48 Å². The first-order chi connectivity index (χ1) is 19.2. The molecule has 208 valence electrons. The zero-order valence-corrected chi connectivity index (χ0v) is 23.4. The van der Waals surface area contributed by atoms with E-state index in [9.17, 15) is 9.59 Å². The monoisotopic (exact) mass is 541 g/mol. The molecule has 2 heterocycles. The lowest BCUT2D eigenvalue weighted by Gasteiger charge is -2.26. The SMILES string of the molecule is Cc1ccc(-n2nc(C(C)(C)C)cc2NC(=O)Nc2ccc(OCCN3CCOCC3=O)c3ccccc23)cc1. The van der Waals surface area contributed by atoms with E-state index in [4.69, 9.17) is 14.6 Å². The molecule has 4 aromatic rings. The summed E-state index contributed by atoms with van der Waals surface area (Å²) in [5, 5.41) is 12.5. The molecule has 9 heteroatoms. The highest BCUT2D eigenvalue weighted by molar-refractivity contribution is 6.07. The second-order valence-corrected chi connectivity index (χ2v) is 10.9. The maximum atomic E-state index is 13.2. The summed E-state index contributed by atoms with van der Waals surface area (Å²) in [6.45, 7) is 10.4. The van der Waals surface area contributed by atoms with Crippen molar-refractivity contribution >= 4 is 34.2 Å². The fourth-order valence-electron chi connectivity index (χ4n) is 4.55. The van der Waals surface area contributed by atoms with Gasteiger partial charge in [0.2, 0.25) is 5.91 Å². The fraction of sp³-hybridized carbons (Fsp3) is 0.323. The number of ether oxygens (including phenoxy) is 2. The average molecular weight is 542 g/mol. The Morgan fingerprint density at radius 3 is 2.50 bits per heavy atom. The van der Waals surface area contributed by atoms with Crippen LogP contribution in [0.2, 0.25) is 0 Å². The van der Waals surface area contributed by atoms with Gasteiger partial charge in [-0.2, -0.15) is 5.10 Å². The summed E-state index contributed by atoms with van der Waals surface area (Å²) in [7, 11) is 0. The molecule has 0 spiro atoms. The standard InChI is InChI=1S/C31H35N5O4/c1-21-9-11-22(12-10-21)36-28(19-27(34-36)31(2,3)4)33-30(38)32-25-13-14-26(24-8-6-5-7-23(24)25)40-18-16-35-15-17-39-20-29(35)37/h5-14,19H,15-18,20H2,1-4H3,(H2,32,33,38). The lowest BCUT2D eigenvalue weighted by Crippen LogP contribution is -2.43. The number of nitrogens with zero attached hydrogens (tertiary/aromatic N) is 3. The molecule has 9 nitrogen and oxygen atoms in total. The third-order valence-electron chi connectivity index (χ3n) is 6.83. The second-order valence-electron chi connectivity index (χ2n) is 10.9. The Hall–Kier alpha value is -4.37. The van der Waals surface area contributed by atoms with E-state index < -0.39 is 0 Å². The molecule has 1 fully saturated rings. The topological polar surface area (TPSA) is 97.7 Å². The number of aryl methyl sites for hydroxylation is 1. The van der Waals surface area contributed by atoms with E-state index in [-0.39, 0.29) is 24.0 Å². The molecule has 1 saturated heterocycles. The first-order valence-corrected chi connectivity index (χ1v) is 13.4. The molecule has 2 N–H and O–H groups in total. The Morgan fingerprint density at radius 2 is 1.77 bits per heavy atom. The van der Waals surface area contributed by atoms with E-state index in [1.165, 1.54) is 0 Å². The maximum Gasteiger partial charge on any atom is 0.324 e. The molecular formula is C31H35N5O4. The quantitative estimate of drug-likeness (QED) is 0.321. The molecule has 1 aliphatic heterocycles. The van der Waals surface area contributed by atoms with Gasteiger partial charge < -0.3 is 19.7 Å². The number of morpholine rings is 1. The number of carbonyl (C=O) groups is 2. The number of amides is 3. The van der Waals surface area contributed by atoms with Crippen molar-refractivity contribution in [3.8, 4) is 11.4 Å². The molecular weight excluding hydrogens is 506 g/mol. The number of anilines is 2. The lowest BCUT2D eigenvalue weighted by molar-refractivity contribution is -0.143. The van der Waals surface area contributed by atoms with E-state index in [1.807, 2.05) is 73.7 Å². The highest BCUT2D eigenvalue weighted by atomic mass is 16.5. The number of hydrogen-bond donors (Lipinski definition) is 2. The minimum atomic E-state index is -0.377. The Balaban J connectivity index is 1.33. The molecule has 3 aromatic carbocycles. The summed E-state index contributed by atoms with van der Waals surface area (Å²) < 4.78 is 13.0. The third-order valence-corrected chi connectivity index (χ3v) is 6.83. The molecule has 0 radical (unpaired) electrons. The fourth-order valence-corrected chi connectivity index (χ4v) is 4.55. The van der Waals surface area contributed by atoms with Crippen LogP contribution in [0.15, 0.2) is 66.7 Å². The Bertz CT molecular complexity index is 1520. The van der Waals surface area contributed by atoms with Crippen LogP contribution in [-0.2, 0) is 14.9 Å². The number of fused-ring (bicyclic) bond motifs is 1. The first kappa shape index (κ1) is 27.2. The molecule has 0 aliphatic carbocycles. The molecule has 0 atom stereocenters. The summed E-state index contributed by atoms with van der Waals surface area (Å²) in [6, 6.07) is 21.0. The van der Waals surface area contributed by atoms with Gasteiger partial charge in [0, 0.05) is 28.8 Å². The van der Waals surface area contributed by atoms with E-state index >= 15 is 0 Å². The van der Waals surface area contributed by atoms with Gasteiger partial charge in [0.25, 0.3) is 0 Å². The van der Waals surface area contributed by atoms with Crippen LogP contribution in [0.25, 0.3) is 16.5 Å². The number of rotatable bonds is 7. The number of hydrogen-bond acceptors (Lipinski definition) is 5. The maximum absolute atomic E-state index is 13.2. The summed E-state index contributed by atoms with van der Waals surface area (Å²) in [6.07, 6.45) is 0. The molecule has 1 aromatic heterocycles. The summed E-state index contributed by atoms with van der Waals surface area (Å²) >= 11 is 0. The largest absolute Gasteiger partial charge is 0.491 e. The average Bonchev–Trinajstić information content (AvgIpc) is 3.35. The zero-order chi connectivity index (χ0) is 28.3. The van der Waals surface area contributed by atoms with Gasteiger partial charge in [0.05, 0.1) is 30.2 Å². The van der Waals surface area contributed by atoms with Gasteiger partial charge in [0.15, 0.2) is 0 Å². The van der Waals surface area contributed by atoms with Gasteiger partial charge in [-0.1, -0.05) is 62.7 Å². The van der Waals surface area contributed by atoms with Crippen LogP contribution < -0.4 is 15.4 Å². The van der Waals surface area contributed by atoms with Crippen LogP contribution in [0.4, 0.5) is 16.3 Å². The van der Waals surface area contributed by atoms with E-state index in [2.05, 4.69) is 31.4 Å². The van der Waals surface area contributed by atoms with Crippen LogP contribution in [0.1, 0.15) is 32.0 Å². The van der Waals surface area contributed by atoms with Crippen molar-refractivity contribution in [1.82, 2.24) is 14.7 Å². The van der Waals surface area contributed by atoms with Crippen molar-refractivity contribution in [3.05, 3.63) is 78.0 Å². The van der Waals surface area contributed by atoms with Crippen molar-refractivity contribution in [2.24, 2.45) is 0 Å². The number of benzene rings is 3. The Kier molecular flexibility index (Phi) is 7.75. The van der Waals surface area contributed by atoms with Crippen LogP contribution in [0.5, 0.6) is 5.75 Å². The smallest absolute Gasteiger partial charge is 0.324 e. The van der Waals surface area contributed by atoms with Gasteiger partial charge in [-0.15, -0.1) is 0 Å². The zero-order valence-electron chi connectivity index (χ0n) is 23.4. The van der Waals surface area contributed by atoms with Gasteiger partial charge in [0.1, 0.15) is 24.8 Å². The predicted molar refractivity (Wildman–Crippen MR) is 156 cm³/mol. The Labute approximate surface area is 234 Å².